The van der Waals surface area contributed by atoms with Gasteiger partial charge in [-0.3, -0.25) is 0 Å². The van der Waals surface area contributed by atoms with Gasteiger partial charge in [-0.15, -0.1) is 11.8 Å². The molecule has 0 spiro atoms. The monoisotopic (exact) mass is 368 g/mol. The van der Waals surface area contributed by atoms with Crippen molar-refractivity contribution in [1.82, 2.24) is 0 Å². The molecule has 0 atom stereocenters. The van der Waals surface area contributed by atoms with Gasteiger partial charge >= 0.3 is 0 Å². The second kappa shape index (κ2) is 7.31. The van der Waals surface area contributed by atoms with Crippen LogP contribution in [0.15, 0.2) is 41.3 Å². The molecule has 26 heavy (non-hydrogen) atoms. The Morgan fingerprint density at radius 3 is 2.04 bits per heavy atom. The number of rotatable bonds is 0. The first-order valence-corrected chi connectivity index (χ1v) is 10.7. The van der Waals surface area contributed by atoms with Crippen LogP contribution in [0.5, 0.6) is 5.75 Å². The Labute approximate surface area is 163 Å². The van der Waals surface area contributed by atoms with Crippen molar-refractivity contribution in [3.8, 4) is 5.75 Å². The van der Waals surface area contributed by atoms with Gasteiger partial charge in [0.2, 0.25) is 0 Å². The summed E-state index contributed by atoms with van der Waals surface area (Å²) < 4.78 is 5.47. The lowest BCUT2D eigenvalue weighted by molar-refractivity contribution is 0.356. The van der Waals surface area contributed by atoms with Gasteiger partial charge in [-0.2, -0.15) is 0 Å². The number of fused-ring (bicyclic) bond motifs is 2. The molecule has 2 aliphatic rings. The summed E-state index contributed by atoms with van der Waals surface area (Å²) in [6, 6.07) is 13.5. The second-order valence-electron chi connectivity index (χ2n) is 9.34. The maximum absolute atomic E-state index is 5.47. The first-order chi connectivity index (χ1) is 12.1. The fourth-order valence-corrected chi connectivity index (χ4v) is 4.36. The van der Waals surface area contributed by atoms with E-state index in [4.69, 9.17) is 4.74 Å². The van der Waals surface area contributed by atoms with Crippen molar-refractivity contribution >= 4 is 11.8 Å². The molecule has 0 radical (unpaired) electrons. The fraction of sp³-hybridized carbons (Fsp3) is 0.500. The number of thioether (sulfide) groups is 1. The Morgan fingerprint density at radius 2 is 1.38 bits per heavy atom. The molecule has 0 fully saturated rings. The van der Waals surface area contributed by atoms with Crippen LogP contribution in [0.25, 0.3) is 0 Å². The van der Waals surface area contributed by atoms with E-state index >= 15 is 0 Å². The fourth-order valence-electron chi connectivity index (χ4n) is 3.31. The molecule has 4 rings (SSSR count). The molecule has 0 saturated carbocycles. The highest BCUT2D eigenvalue weighted by Crippen LogP contribution is 2.34. The van der Waals surface area contributed by atoms with Gasteiger partial charge < -0.3 is 4.74 Å². The standard InChI is InChI=1S/C12H16O.C12H16S/c2*1-12(2,3)10-4-5-11-9(8-10)6-7-13-11/h2*4-5,8H,6-7H2,1-3H3. The van der Waals surface area contributed by atoms with Crippen LogP contribution >= 0.6 is 11.8 Å². The van der Waals surface area contributed by atoms with Gasteiger partial charge in [0.25, 0.3) is 0 Å². The first-order valence-electron chi connectivity index (χ1n) is 9.67. The van der Waals surface area contributed by atoms with E-state index in [0.717, 1.165) is 18.8 Å². The van der Waals surface area contributed by atoms with Crippen LogP contribution in [0.1, 0.15) is 63.8 Å². The zero-order valence-corrected chi connectivity index (χ0v) is 17.9. The lowest BCUT2D eigenvalue weighted by Crippen LogP contribution is -2.11. The van der Waals surface area contributed by atoms with E-state index in [2.05, 4.69) is 77.9 Å². The Balaban J connectivity index is 0.000000151. The number of hydrogen-bond acceptors (Lipinski definition) is 2. The molecule has 2 aromatic rings. The second-order valence-corrected chi connectivity index (χ2v) is 10.5. The third kappa shape index (κ3) is 4.46. The molecule has 0 aliphatic carbocycles. The zero-order valence-electron chi connectivity index (χ0n) is 17.1. The molecule has 2 aromatic carbocycles. The predicted molar refractivity (Wildman–Crippen MR) is 114 cm³/mol. The summed E-state index contributed by atoms with van der Waals surface area (Å²) in [5, 5.41) is 0. The summed E-state index contributed by atoms with van der Waals surface area (Å²) in [6.07, 6.45) is 2.32. The minimum atomic E-state index is 0.248. The molecular weight excluding hydrogens is 336 g/mol. The van der Waals surface area contributed by atoms with Crippen molar-refractivity contribution in [3.05, 3.63) is 58.7 Å². The number of hydrogen-bond donors (Lipinski definition) is 0. The van der Waals surface area contributed by atoms with Crippen LogP contribution in [0, 0.1) is 0 Å². The van der Waals surface area contributed by atoms with E-state index in [1.807, 2.05) is 11.8 Å². The van der Waals surface area contributed by atoms with Gasteiger partial charge in [0.05, 0.1) is 6.61 Å². The molecule has 0 saturated heterocycles. The minimum Gasteiger partial charge on any atom is -0.493 e. The van der Waals surface area contributed by atoms with Crippen molar-refractivity contribution in [1.29, 1.82) is 0 Å². The van der Waals surface area contributed by atoms with Crippen molar-refractivity contribution in [3.63, 3.8) is 0 Å². The van der Waals surface area contributed by atoms with Gasteiger partial charge in [-0.25, -0.2) is 0 Å². The molecule has 0 N–H and O–H groups in total. The average Bonchev–Trinajstić information content (AvgIpc) is 3.21. The first kappa shape index (κ1) is 19.4. The Morgan fingerprint density at radius 1 is 0.769 bits per heavy atom. The summed E-state index contributed by atoms with van der Waals surface area (Å²) in [7, 11) is 0. The van der Waals surface area contributed by atoms with E-state index in [1.165, 1.54) is 33.8 Å². The lowest BCUT2D eigenvalue weighted by Gasteiger charge is -2.19. The van der Waals surface area contributed by atoms with Crippen molar-refractivity contribution in [2.45, 2.75) is 70.1 Å². The van der Waals surface area contributed by atoms with Gasteiger partial charge in [0.1, 0.15) is 5.75 Å². The van der Waals surface area contributed by atoms with Crippen LogP contribution in [-0.4, -0.2) is 12.4 Å². The van der Waals surface area contributed by atoms with Crippen LogP contribution in [-0.2, 0) is 23.7 Å². The number of benzene rings is 2. The van der Waals surface area contributed by atoms with Gasteiger partial charge in [-0.1, -0.05) is 65.8 Å². The molecule has 0 aromatic heterocycles. The lowest BCUT2D eigenvalue weighted by atomic mass is 9.86. The average molecular weight is 369 g/mol. The van der Waals surface area contributed by atoms with E-state index in [0.29, 0.717) is 5.41 Å². The van der Waals surface area contributed by atoms with Gasteiger partial charge in [0.15, 0.2) is 0 Å². The van der Waals surface area contributed by atoms with E-state index in [-0.39, 0.29) is 5.41 Å². The van der Waals surface area contributed by atoms with Crippen LogP contribution in [0.2, 0.25) is 0 Å². The summed E-state index contributed by atoms with van der Waals surface area (Å²) in [6.45, 7) is 14.4. The third-order valence-corrected chi connectivity index (χ3v) is 6.23. The van der Waals surface area contributed by atoms with Gasteiger partial charge in [0, 0.05) is 17.1 Å². The molecule has 0 unspecified atom stereocenters. The summed E-state index contributed by atoms with van der Waals surface area (Å²) in [5.41, 5.74) is 6.33. The summed E-state index contributed by atoms with van der Waals surface area (Å²) >= 11 is 1.99. The Hall–Kier alpha value is -1.41. The van der Waals surface area contributed by atoms with E-state index in [1.54, 1.807) is 5.56 Å². The van der Waals surface area contributed by atoms with Crippen molar-refractivity contribution in [2.75, 3.05) is 12.4 Å². The maximum atomic E-state index is 5.47. The predicted octanol–water partition coefficient (Wildman–Crippen LogP) is 6.55. The molecule has 1 nitrogen and oxygen atoms in total. The smallest absolute Gasteiger partial charge is 0.122 e. The third-order valence-electron chi connectivity index (χ3n) is 5.11. The maximum Gasteiger partial charge on any atom is 0.122 e. The minimum absolute atomic E-state index is 0.248. The zero-order chi connectivity index (χ0) is 18.9. The van der Waals surface area contributed by atoms with Crippen LogP contribution in [0.3, 0.4) is 0 Å². The summed E-state index contributed by atoms with van der Waals surface area (Å²) in [4.78, 5) is 1.49. The number of ether oxygens (including phenoxy) is 1. The van der Waals surface area contributed by atoms with Crippen LogP contribution < -0.4 is 4.74 Å². The van der Waals surface area contributed by atoms with Crippen LogP contribution in [0.4, 0.5) is 0 Å². The molecule has 0 bridgehead atoms. The highest BCUT2D eigenvalue weighted by Gasteiger charge is 2.19. The van der Waals surface area contributed by atoms with Gasteiger partial charge in [-0.05, 0) is 51.6 Å². The largest absolute Gasteiger partial charge is 0.493 e. The Kier molecular flexibility index (Phi) is 5.44. The summed E-state index contributed by atoms with van der Waals surface area (Å²) in [5.74, 6) is 2.34. The molecule has 0 amide bonds. The van der Waals surface area contributed by atoms with Crippen molar-refractivity contribution in [2.24, 2.45) is 0 Å². The van der Waals surface area contributed by atoms with E-state index < -0.39 is 0 Å². The molecular formula is C24H32OS. The topological polar surface area (TPSA) is 9.23 Å². The SMILES string of the molecule is CC(C)(C)c1ccc2c(c1)CCO2.CC(C)(C)c1ccc2c(c1)CCS2. The normalized spacial score (nSPS) is 15.6. The quantitative estimate of drug-likeness (QED) is 0.521. The molecule has 2 heterocycles. The molecule has 2 heteroatoms. The highest BCUT2D eigenvalue weighted by atomic mass is 32.2. The highest BCUT2D eigenvalue weighted by molar-refractivity contribution is 7.99. The van der Waals surface area contributed by atoms with E-state index in [9.17, 15) is 0 Å². The molecule has 140 valence electrons. The number of aryl methyl sites for hydroxylation is 1. The Bertz CT molecular complexity index is 710. The van der Waals surface area contributed by atoms with Crippen molar-refractivity contribution < 1.29 is 4.74 Å². The molecule has 2 aliphatic heterocycles.